The van der Waals surface area contributed by atoms with Crippen molar-refractivity contribution in [2.24, 2.45) is 5.73 Å². The Kier molecular flexibility index (Phi) is 2.88. The Balaban J connectivity index is 2.46. The maximum Gasteiger partial charge on any atom is 0.127 e. The van der Waals surface area contributed by atoms with Crippen molar-refractivity contribution in [2.75, 3.05) is 0 Å². The van der Waals surface area contributed by atoms with Crippen LogP contribution in [0.4, 0.5) is 0 Å². The molecule has 2 aromatic rings. The Hall–Kier alpha value is -1.13. The molecule has 0 saturated carbocycles. The minimum Gasteiger partial charge on any atom is -0.469 e. The van der Waals surface area contributed by atoms with E-state index in [2.05, 4.69) is 11.9 Å². The number of aryl methyl sites for hydroxylation is 2. The number of thiazole rings is 1. The SMILES string of the molecule is CCc1nc(-c2ccoc2C)sc1CN. The molecule has 3 nitrogen and oxygen atoms in total. The molecule has 80 valence electrons. The number of nitrogens with two attached hydrogens (primary N) is 1. The second kappa shape index (κ2) is 4.16. The molecule has 4 heteroatoms. The largest absolute Gasteiger partial charge is 0.469 e. The van der Waals surface area contributed by atoms with Crippen molar-refractivity contribution in [3.63, 3.8) is 0 Å². The van der Waals surface area contributed by atoms with Crippen molar-refractivity contribution in [1.29, 1.82) is 0 Å². The zero-order chi connectivity index (χ0) is 10.8. The molecular formula is C11H14N2OS. The average Bonchev–Trinajstić information content (AvgIpc) is 2.82. The molecule has 0 bridgehead atoms. The molecular weight excluding hydrogens is 208 g/mol. The minimum absolute atomic E-state index is 0.567. The Bertz CT molecular complexity index is 437. The molecule has 15 heavy (non-hydrogen) atoms. The van der Waals surface area contributed by atoms with Crippen molar-refractivity contribution in [1.82, 2.24) is 4.98 Å². The zero-order valence-corrected chi connectivity index (χ0v) is 9.73. The Morgan fingerprint density at radius 3 is 2.80 bits per heavy atom. The number of rotatable bonds is 3. The van der Waals surface area contributed by atoms with E-state index in [-0.39, 0.29) is 0 Å². The highest BCUT2D eigenvalue weighted by molar-refractivity contribution is 7.15. The lowest BCUT2D eigenvalue weighted by Gasteiger charge is -1.91. The molecule has 2 aromatic heterocycles. The maximum atomic E-state index is 5.68. The fourth-order valence-electron chi connectivity index (χ4n) is 1.54. The summed E-state index contributed by atoms with van der Waals surface area (Å²) in [5.41, 5.74) is 7.87. The van der Waals surface area contributed by atoms with E-state index in [1.807, 2.05) is 13.0 Å². The second-order valence-electron chi connectivity index (χ2n) is 3.34. The highest BCUT2D eigenvalue weighted by Crippen LogP contribution is 2.30. The van der Waals surface area contributed by atoms with Gasteiger partial charge in [-0.15, -0.1) is 11.3 Å². The molecule has 2 rings (SSSR count). The molecule has 2 N–H and O–H groups in total. The van der Waals surface area contributed by atoms with Crippen molar-refractivity contribution < 1.29 is 4.42 Å². The van der Waals surface area contributed by atoms with E-state index < -0.39 is 0 Å². The normalized spacial score (nSPS) is 10.9. The van der Waals surface area contributed by atoms with Crippen LogP contribution in [-0.4, -0.2) is 4.98 Å². The molecule has 0 spiro atoms. The van der Waals surface area contributed by atoms with Gasteiger partial charge in [0, 0.05) is 11.4 Å². The van der Waals surface area contributed by atoms with Gasteiger partial charge in [0.25, 0.3) is 0 Å². The van der Waals surface area contributed by atoms with Gasteiger partial charge in [-0.1, -0.05) is 6.92 Å². The summed E-state index contributed by atoms with van der Waals surface area (Å²) < 4.78 is 5.27. The Morgan fingerprint density at radius 2 is 2.33 bits per heavy atom. The molecule has 0 fully saturated rings. The Labute approximate surface area is 92.9 Å². The van der Waals surface area contributed by atoms with Gasteiger partial charge < -0.3 is 10.2 Å². The lowest BCUT2D eigenvalue weighted by Crippen LogP contribution is -1.96. The molecule has 0 amide bonds. The van der Waals surface area contributed by atoms with Gasteiger partial charge in [0.15, 0.2) is 0 Å². The summed E-state index contributed by atoms with van der Waals surface area (Å²) in [6.07, 6.45) is 2.62. The van der Waals surface area contributed by atoms with Crippen molar-refractivity contribution in [3.05, 3.63) is 28.7 Å². The number of hydrogen-bond donors (Lipinski definition) is 1. The highest BCUT2D eigenvalue weighted by Gasteiger charge is 2.12. The van der Waals surface area contributed by atoms with Crippen LogP contribution in [0.1, 0.15) is 23.3 Å². The van der Waals surface area contributed by atoms with Gasteiger partial charge in [-0.3, -0.25) is 0 Å². The number of furan rings is 1. The molecule has 0 aliphatic heterocycles. The first-order valence-corrected chi connectivity index (χ1v) is 5.81. The monoisotopic (exact) mass is 222 g/mol. The van der Waals surface area contributed by atoms with E-state index in [1.165, 1.54) is 4.88 Å². The summed E-state index contributed by atoms with van der Waals surface area (Å²) in [4.78, 5) is 5.76. The predicted octanol–water partition coefficient (Wildman–Crippen LogP) is 2.73. The lowest BCUT2D eigenvalue weighted by molar-refractivity contribution is 0.535. The van der Waals surface area contributed by atoms with E-state index in [0.29, 0.717) is 6.54 Å². The van der Waals surface area contributed by atoms with Gasteiger partial charge in [-0.05, 0) is 19.4 Å². The standard InChI is InChI=1S/C11H14N2OS/c1-3-9-10(6-12)15-11(13-9)8-4-5-14-7(8)2/h4-5H,3,6,12H2,1-2H3. The molecule has 0 unspecified atom stereocenters. The molecule has 0 aliphatic carbocycles. The van der Waals surface area contributed by atoms with Crippen LogP contribution in [-0.2, 0) is 13.0 Å². The van der Waals surface area contributed by atoms with Crippen molar-refractivity contribution >= 4 is 11.3 Å². The summed E-state index contributed by atoms with van der Waals surface area (Å²) in [5, 5.41) is 1.01. The quantitative estimate of drug-likeness (QED) is 0.868. The third kappa shape index (κ3) is 1.82. The zero-order valence-electron chi connectivity index (χ0n) is 8.91. The van der Waals surface area contributed by atoms with Gasteiger partial charge in [-0.25, -0.2) is 4.98 Å². The van der Waals surface area contributed by atoms with E-state index in [1.54, 1.807) is 17.6 Å². The third-order valence-electron chi connectivity index (χ3n) is 2.39. The van der Waals surface area contributed by atoms with Crippen LogP contribution in [0.25, 0.3) is 10.6 Å². The topological polar surface area (TPSA) is 52.0 Å². The number of nitrogens with zero attached hydrogens (tertiary/aromatic N) is 1. The van der Waals surface area contributed by atoms with Gasteiger partial charge in [0.2, 0.25) is 0 Å². The second-order valence-corrected chi connectivity index (χ2v) is 4.42. The minimum atomic E-state index is 0.567. The van der Waals surface area contributed by atoms with E-state index >= 15 is 0 Å². The molecule has 0 saturated heterocycles. The van der Waals surface area contributed by atoms with Gasteiger partial charge in [0.05, 0.1) is 17.5 Å². The number of aromatic nitrogens is 1. The third-order valence-corrected chi connectivity index (χ3v) is 3.54. The van der Waals surface area contributed by atoms with Crippen molar-refractivity contribution in [3.8, 4) is 10.6 Å². The molecule has 0 aliphatic rings. The van der Waals surface area contributed by atoms with Gasteiger partial charge in [-0.2, -0.15) is 0 Å². The van der Waals surface area contributed by atoms with E-state index in [4.69, 9.17) is 10.2 Å². The highest BCUT2D eigenvalue weighted by atomic mass is 32.1. The average molecular weight is 222 g/mol. The first-order valence-electron chi connectivity index (χ1n) is 4.99. The lowest BCUT2D eigenvalue weighted by atomic mass is 10.2. The molecule has 0 atom stereocenters. The summed E-state index contributed by atoms with van der Waals surface area (Å²) in [5.74, 6) is 0.912. The van der Waals surface area contributed by atoms with E-state index in [0.717, 1.165) is 28.4 Å². The summed E-state index contributed by atoms with van der Waals surface area (Å²) in [6, 6.07) is 1.95. The first kappa shape index (κ1) is 10.4. The smallest absolute Gasteiger partial charge is 0.127 e. The van der Waals surface area contributed by atoms with Gasteiger partial charge in [0.1, 0.15) is 10.8 Å². The fraction of sp³-hybridized carbons (Fsp3) is 0.364. The first-order chi connectivity index (χ1) is 7.26. The van der Waals surface area contributed by atoms with Crippen LogP contribution in [0.2, 0.25) is 0 Å². The molecule has 0 radical (unpaired) electrons. The molecule has 0 aromatic carbocycles. The van der Waals surface area contributed by atoms with Gasteiger partial charge >= 0.3 is 0 Å². The van der Waals surface area contributed by atoms with Crippen molar-refractivity contribution in [2.45, 2.75) is 26.8 Å². The predicted molar refractivity (Wildman–Crippen MR) is 61.8 cm³/mol. The van der Waals surface area contributed by atoms with Crippen LogP contribution >= 0.6 is 11.3 Å². The van der Waals surface area contributed by atoms with Crippen LogP contribution in [0, 0.1) is 6.92 Å². The molecule has 2 heterocycles. The van der Waals surface area contributed by atoms with Crippen LogP contribution < -0.4 is 5.73 Å². The summed E-state index contributed by atoms with van der Waals surface area (Å²) in [7, 11) is 0. The Morgan fingerprint density at radius 1 is 1.53 bits per heavy atom. The summed E-state index contributed by atoms with van der Waals surface area (Å²) in [6.45, 7) is 4.61. The summed E-state index contributed by atoms with van der Waals surface area (Å²) >= 11 is 1.66. The van der Waals surface area contributed by atoms with Crippen LogP contribution in [0.3, 0.4) is 0 Å². The number of hydrogen-bond acceptors (Lipinski definition) is 4. The fourth-order valence-corrected chi connectivity index (χ4v) is 2.64. The van der Waals surface area contributed by atoms with Crippen LogP contribution in [0.15, 0.2) is 16.7 Å². The maximum absolute atomic E-state index is 5.68. The van der Waals surface area contributed by atoms with Crippen LogP contribution in [0.5, 0.6) is 0 Å². The van der Waals surface area contributed by atoms with E-state index in [9.17, 15) is 0 Å².